The van der Waals surface area contributed by atoms with Crippen molar-refractivity contribution < 1.29 is 4.39 Å². The van der Waals surface area contributed by atoms with E-state index in [0.717, 1.165) is 0 Å². The standard InChI is InChI=1S/C25H25FN6O/c1-15-14-32(23-10-24(33)30(4)22-8-6-19(12-28)29-25(22)23)16(2)13-31(15)17(3)20-7-5-18(11-27)9-21(20)26/h5-10,15-17H,13-14H2,1-4H3/t15-,16+,17?/m1/s1. The SMILES string of the molecule is CC(c1ccc(C#N)cc1F)N1C[C@H](C)N(c2cc(=O)n(C)c3ccc(C#N)nc23)C[C@H]1C. The van der Waals surface area contributed by atoms with E-state index in [1.165, 1.54) is 10.6 Å². The highest BCUT2D eigenvalue weighted by molar-refractivity contribution is 5.89. The van der Waals surface area contributed by atoms with Crippen LogP contribution in [0.25, 0.3) is 11.0 Å². The first-order valence-electron chi connectivity index (χ1n) is 10.9. The number of aryl methyl sites for hydroxylation is 1. The number of rotatable bonds is 3. The average Bonchev–Trinajstić information content (AvgIpc) is 2.81. The summed E-state index contributed by atoms with van der Waals surface area (Å²) < 4.78 is 16.2. The van der Waals surface area contributed by atoms with E-state index in [1.807, 2.05) is 13.0 Å². The number of nitriles is 2. The van der Waals surface area contributed by atoms with Crippen molar-refractivity contribution in [3.05, 3.63) is 69.4 Å². The Morgan fingerprint density at radius 2 is 1.85 bits per heavy atom. The molecule has 1 fully saturated rings. The first kappa shape index (κ1) is 22.4. The maximum Gasteiger partial charge on any atom is 0.252 e. The zero-order chi connectivity index (χ0) is 23.9. The van der Waals surface area contributed by atoms with Crippen LogP contribution in [0.15, 0.2) is 41.2 Å². The zero-order valence-corrected chi connectivity index (χ0v) is 19.1. The highest BCUT2D eigenvalue weighted by Crippen LogP contribution is 2.33. The van der Waals surface area contributed by atoms with Crippen LogP contribution in [0.4, 0.5) is 10.1 Å². The molecule has 0 bridgehead atoms. The van der Waals surface area contributed by atoms with Gasteiger partial charge < -0.3 is 9.47 Å². The summed E-state index contributed by atoms with van der Waals surface area (Å²) in [6.07, 6.45) is 0. The molecule has 4 rings (SSSR count). The van der Waals surface area contributed by atoms with E-state index in [0.29, 0.717) is 46.6 Å². The van der Waals surface area contributed by atoms with Gasteiger partial charge in [-0.05, 0) is 45.0 Å². The number of nitrogens with zero attached hydrogens (tertiary/aromatic N) is 6. The topological polar surface area (TPSA) is 89.0 Å². The van der Waals surface area contributed by atoms with E-state index in [1.54, 1.807) is 37.4 Å². The molecular weight excluding hydrogens is 419 g/mol. The summed E-state index contributed by atoms with van der Waals surface area (Å²) in [4.78, 5) is 21.6. The number of anilines is 1. The molecule has 0 amide bonds. The Balaban J connectivity index is 1.69. The lowest BCUT2D eigenvalue weighted by molar-refractivity contribution is 0.117. The highest BCUT2D eigenvalue weighted by Gasteiger charge is 2.34. The van der Waals surface area contributed by atoms with Crippen molar-refractivity contribution in [1.29, 1.82) is 10.5 Å². The van der Waals surface area contributed by atoms with Gasteiger partial charge in [0.05, 0.1) is 22.8 Å². The van der Waals surface area contributed by atoms with Gasteiger partial charge in [0.25, 0.3) is 5.56 Å². The van der Waals surface area contributed by atoms with E-state index in [9.17, 15) is 14.4 Å². The van der Waals surface area contributed by atoms with E-state index in [2.05, 4.69) is 34.7 Å². The molecule has 0 aliphatic carbocycles. The zero-order valence-electron chi connectivity index (χ0n) is 19.1. The van der Waals surface area contributed by atoms with Crippen LogP contribution in [0, 0.1) is 28.5 Å². The molecule has 2 aromatic heterocycles. The Bertz CT molecular complexity index is 1370. The summed E-state index contributed by atoms with van der Waals surface area (Å²) in [6, 6.07) is 13.5. The van der Waals surface area contributed by atoms with Crippen molar-refractivity contribution in [2.24, 2.45) is 7.05 Å². The first-order chi connectivity index (χ1) is 15.7. The Kier molecular flexibility index (Phi) is 5.88. The molecule has 1 saturated heterocycles. The molecule has 7 nitrogen and oxygen atoms in total. The molecule has 3 heterocycles. The third kappa shape index (κ3) is 3.94. The van der Waals surface area contributed by atoms with Crippen LogP contribution in [0.3, 0.4) is 0 Å². The lowest BCUT2D eigenvalue weighted by atomic mass is 9.99. The van der Waals surface area contributed by atoms with Gasteiger partial charge in [0, 0.05) is 49.9 Å². The average molecular weight is 445 g/mol. The quantitative estimate of drug-likeness (QED) is 0.615. The van der Waals surface area contributed by atoms with Crippen molar-refractivity contribution in [3.8, 4) is 12.1 Å². The van der Waals surface area contributed by atoms with Gasteiger partial charge >= 0.3 is 0 Å². The van der Waals surface area contributed by atoms with Gasteiger partial charge in [-0.25, -0.2) is 9.37 Å². The Morgan fingerprint density at radius 3 is 2.52 bits per heavy atom. The third-order valence-electron chi connectivity index (χ3n) is 6.60. The molecule has 0 spiro atoms. The fourth-order valence-electron chi connectivity index (χ4n) is 4.74. The van der Waals surface area contributed by atoms with Crippen LogP contribution >= 0.6 is 0 Å². The molecule has 0 radical (unpaired) electrons. The number of piperazine rings is 1. The highest BCUT2D eigenvalue weighted by atomic mass is 19.1. The molecule has 8 heteroatoms. The maximum atomic E-state index is 14.7. The summed E-state index contributed by atoms with van der Waals surface area (Å²) in [6.45, 7) is 7.38. The molecule has 33 heavy (non-hydrogen) atoms. The molecular formula is C25H25FN6O. The Morgan fingerprint density at radius 1 is 1.09 bits per heavy atom. The third-order valence-corrected chi connectivity index (χ3v) is 6.60. The first-order valence-corrected chi connectivity index (χ1v) is 10.9. The largest absolute Gasteiger partial charge is 0.364 e. The van der Waals surface area contributed by atoms with Gasteiger partial charge in [-0.3, -0.25) is 9.69 Å². The second-order valence-electron chi connectivity index (χ2n) is 8.67. The van der Waals surface area contributed by atoms with E-state index in [4.69, 9.17) is 5.26 Å². The lowest BCUT2D eigenvalue weighted by Crippen LogP contribution is -2.57. The van der Waals surface area contributed by atoms with Crippen LogP contribution in [-0.2, 0) is 7.05 Å². The molecule has 3 aromatic rings. The van der Waals surface area contributed by atoms with Gasteiger partial charge in [-0.1, -0.05) is 6.07 Å². The number of hydrogen-bond donors (Lipinski definition) is 0. The van der Waals surface area contributed by atoms with E-state index >= 15 is 0 Å². The Hall–Kier alpha value is -3.75. The fourth-order valence-corrected chi connectivity index (χ4v) is 4.74. The summed E-state index contributed by atoms with van der Waals surface area (Å²) >= 11 is 0. The molecule has 1 aliphatic heterocycles. The second kappa shape index (κ2) is 8.65. The molecule has 3 atom stereocenters. The van der Waals surface area contributed by atoms with Crippen molar-refractivity contribution in [2.75, 3.05) is 18.0 Å². The number of aromatic nitrogens is 2. The minimum Gasteiger partial charge on any atom is -0.364 e. The molecule has 1 aliphatic rings. The van der Waals surface area contributed by atoms with Crippen LogP contribution in [0.1, 0.15) is 43.6 Å². The summed E-state index contributed by atoms with van der Waals surface area (Å²) in [7, 11) is 1.69. The van der Waals surface area contributed by atoms with Crippen LogP contribution in [0.5, 0.6) is 0 Å². The van der Waals surface area contributed by atoms with Crippen molar-refractivity contribution in [2.45, 2.75) is 38.9 Å². The van der Waals surface area contributed by atoms with Crippen molar-refractivity contribution in [3.63, 3.8) is 0 Å². The second-order valence-corrected chi connectivity index (χ2v) is 8.67. The number of hydrogen-bond acceptors (Lipinski definition) is 6. The molecule has 168 valence electrons. The van der Waals surface area contributed by atoms with E-state index in [-0.39, 0.29) is 29.5 Å². The number of fused-ring (bicyclic) bond motifs is 1. The van der Waals surface area contributed by atoms with Crippen LogP contribution in [-0.4, -0.2) is 39.6 Å². The van der Waals surface area contributed by atoms with E-state index < -0.39 is 0 Å². The summed E-state index contributed by atoms with van der Waals surface area (Å²) in [5, 5.41) is 18.3. The molecule has 1 unspecified atom stereocenters. The van der Waals surface area contributed by atoms with Crippen molar-refractivity contribution in [1.82, 2.24) is 14.5 Å². The minimum atomic E-state index is -0.380. The van der Waals surface area contributed by atoms with Gasteiger partial charge in [0.1, 0.15) is 23.1 Å². The smallest absolute Gasteiger partial charge is 0.252 e. The minimum absolute atomic E-state index is 0.0212. The number of pyridine rings is 2. The maximum absolute atomic E-state index is 14.7. The van der Waals surface area contributed by atoms with Gasteiger partial charge in [0.2, 0.25) is 0 Å². The number of benzene rings is 1. The van der Waals surface area contributed by atoms with Crippen LogP contribution < -0.4 is 10.5 Å². The van der Waals surface area contributed by atoms with Crippen LogP contribution in [0.2, 0.25) is 0 Å². The van der Waals surface area contributed by atoms with Gasteiger partial charge in [-0.2, -0.15) is 10.5 Å². The Labute approximate surface area is 191 Å². The fraction of sp³-hybridized carbons (Fsp3) is 0.360. The number of halogens is 1. The lowest BCUT2D eigenvalue weighted by Gasteiger charge is -2.47. The summed E-state index contributed by atoms with van der Waals surface area (Å²) in [5.74, 6) is -0.380. The molecule has 0 saturated carbocycles. The summed E-state index contributed by atoms with van der Waals surface area (Å²) in [5.41, 5.74) is 3.02. The van der Waals surface area contributed by atoms with Crippen molar-refractivity contribution >= 4 is 16.7 Å². The van der Waals surface area contributed by atoms with Gasteiger partial charge in [-0.15, -0.1) is 0 Å². The van der Waals surface area contributed by atoms with Gasteiger partial charge in [0.15, 0.2) is 0 Å². The molecule has 0 N–H and O–H groups in total. The normalized spacial score (nSPS) is 19.8. The predicted octanol–water partition coefficient (Wildman–Crippen LogP) is 3.48. The predicted molar refractivity (Wildman–Crippen MR) is 124 cm³/mol. The monoisotopic (exact) mass is 444 g/mol. The molecule has 1 aromatic carbocycles.